The summed E-state index contributed by atoms with van der Waals surface area (Å²) in [4.78, 5) is 9.79. The van der Waals surface area contributed by atoms with E-state index in [4.69, 9.17) is 5.11 Å². The summed E-state index contributed by atoms with van der Waals surface area (Å²) in [5.41, 5.74) is 0.428. The predicted molar refractivity (Wildman–Crippen MR) is 49.7 cm³/mol. The highest BCUT2D eigenvalue weighted by Crippen LogP contribution is 2.19. The van der Waals surface area contributed by atoms with E-state index in [2.05, 4.69) is 0 Å². The topological polar surface area (TPSA) is 83.6 Å². The van der Waals surface area contributed by atoms with E-state index in [9.17, 15) is 15.2 Å². The minimum Gasteiger partial charge on any atom is -0.390 e. The van der Waals surface area contributed by atoms with Gasteiger partial charge < -0.3 is 10.2 Å². The summed E-state index contributed by atoms with van der Waals surface area (Å²) in [5.74, 6) is 0. The molecule has 0 fully saturated rings. The lowest BCUT2D eigenvalue weighted by Gasteiger charge is -2.13. The number of aliphatic hydroxyl groups excluding tert-OH is 2. The van der Waals surface area contributed by atoms with Gasteiger partial charge in [0.15, 0.2) is 0 Å². The molecule has 5 heteroatoms. The number of non-ortho nitro benzene ring substituents is 1. The van der Waals surface area contributed by atoms with Crippen LogP contribution in [0.15, 0.2) is 24.3 Å². The lowest BCUT2D eigenvalue weighted by molar-refractivity contribution is -0.384. The zero-order valence-corrected chi connectivity index (χ0v) is 7.62. The van der Waals surface area contributed by atoms with Gasteiger partial charge in [0, 0.05) is 12.1 Å². The fourth-order valence-electron chi connectivity index (χ4n) is 1.07. The van der Waals surface area contributed by atoms with Crippen LogP contribution in [-0.4, -0.2) is 21.2 Å². The molecular weight excluding hydrogens is 186 g/mol. The lowest BCUT2D eigenvalue weighted by atomic mass is 10.1. The second-order valence-corrected chi connectivity index (χ2v) is 3.03. The zero-order chi connectivity index (χ0) is 10.7. The Morgan fingerprint density at radius 2 is 1.79 bits per heavy atom. The van der Waals surface area contributed by atoms with E-state index in [1.54, 1.807) is 0 Å². The molecule has 76 valence electrons. The highest BCUT2D eigenvalue weighted by molar-refractivity contribution is 5.33. The average molecular weight is 197 g/mol. The number of aliphatic hydroxyl groups is 2. The minimum atomic E-state index is -1.00. The number of nitro groups is 1. The van der Waals surface area contributed by atoms with E-state index in [0.717, 1.165) is 0 Å². The van der Waals surface area contributed by atoms with Crippen LogP contribution in [0.1, 0.15) is 18.6 Å². The van der Waals surface area contributed by atoms with E-state index < -0.39 is 17.1 Å². The van der Waals surface area contributed by atoms with Crippen LogP contribution in [0.4, 0.5) is 5.69 Å². The third kappa shape index (κ3) is 2.27. The van der Waals surface area contributed by atoms with Crippen molar-refractivity contribution in [1.82, 2.24) is 0 Å². The molecule has 2 atom stereocenters. The molecule has 0 radical (unpaired) electrons. The Kier molecular flexibility index (Phi) is 3.16. The van der Waals surface area contributed by atoms with Gasteiger partial charge in [-0.2, -0.15) is 0 Å². The van der Waals surface area contributed by atoms with E-state index in [-0.39, 0.29) is 5.69 Å². The van der Waals surface area contributed by atoms with Crippen LogP contribution in [-0.2, 0) is 0 Å². The summed E-state index contributed by atoms with van der Waals surface area (Å²) in [6, 6.07) is 5.44. The van der Waals surface area contributed by atoms with Gasteiger partial charge in [-0.1, -0.05) is 0 Å². The Hall–Kier alpha value is -1.46. The number of nitro benzene ring substituents is 1. The maximum absolute atomic E-state index is 10.3. The molecule has 0 aliphatic heterocycles. The van der Waals surface area contributed by atoms with E-state index in [1.165, 1.54) is 31.2 Å². The Labute approximate surface area is 80.8 Å². The van der Waals surface area contributed by atoms with Crippen LogP contribution in [0, 0.1) is 10.1 Å². The molecular formula is C9H11NO4. The molecule has 0 aliphatic rings. The molecule has 2 N–H and O–H groups in total. The number of hydrogen-bond acceptors (Lipinski definition) is 4. The molecule has 0 heterocycles. The van der Waals surface area contributed by atoms with Gasteiger partial charge in [0.05, 0.1) is 11.0 Å². The van der Waals surface area contributed by atoms with Crippen LogP contribution in [0.25, 0.3) is 0 Å². The van der Waals surface area contributed by atoms with Gasteiger partial charge in [0.25, 0.3) is 5.69 Å². The van der Waals surface area contributed by atoms with Crippen LogP contribution < -0.4 is 0 Å². The maximum atomic E-state index is 10.3. The van der Waals surface area contributed by atoms with E-state index in [0.29, 0.717) is 5.56 Å². The third-order valence-electron chi connectivity index (χ3n) is 1.90. The maximum Gasteiger partial charge on any atom is 0.269 e. The molecule has 0 saturated heterocycles. The second kappa shape index (κ2) is 4.17. The highest BCUT2D eigenvalue weighted by atomic mass is 16.6. The van der Waals surface area contributed by atoms with Gasteiger partial charge >= 0.3 is 0 Å². The first-order valence-electron chi connectivity index (χ1n) is 4.13. The largest absolute Gasteiger partial charge is 0.390 e. The Balaban J connectivity index is 2.88. The summed E-state index contributed by atoms with van der Waals surface area (Å²) >= 11 is 0. The first kappa shape index (κ1) is 10.6. The summed E-state index contributed by atoms with van der Waals surface area (Å²) in [6.45, 7) is 1.45. The smallest absolute Gasteiger partial charge is 0.269 e. The van der Waals surface area contributed by atoms with Crippen molar-refractivity contribution < 1.29 is 15.1 Å². The van der Waals surface area contributed by atoms with Crippen LogP contribution in [0.5, 0.6) is 0 Å². The fraction of sp³-hybridized carbons (Fsp3) is 0.333. The van der Waals surface area contributed by atoms with Crippen molar-refractivity contribution in [2.24, 2.45) is 0 Å². The predicted octanol–water partition coefficient (Wildman–Crippen LogP) is 1.01. The third-order valence-corrected chi connectivity index (χ3v) is 1.90. The van der Waals surface area contributed by atoms with Gasteiger partial charge in [0.1, 0.15) is 6.10 Å². The van der Waals surface area contributed by atoms with Crippen molar-refractivity contribution in [2.75, 3.05) is 0 Å². The fourth-order valence-corrected chi connectivity index (χ4v) is 1.07. The molecule has 0 unspecified atom stereocenters. The van der Waals surface area contributed by atoms with Crippen molar-refractivity contribution in [2.45, 2.75) is 19.1 Å². The van der Waals surface area contributed by atoms with Crippen molar-refractivity contribution in [1.29, 1.82) is 0 Å². The minimum absolute atomic E-state index is 0.0356. The van der Waals surface area contributed by atoms with E-state index >= 15 is 0 Å². The molecule has 0 bridgehead atoms. The number of rotatable bonds is 3. The Morgan fingerprint density at radius 1 is 1.29 bits per heavy atom. The zero-order valence-electron chi connectivity index (χ0n) is 7.62. The molecule has 0 saturated carbocycles. The first-order valence-corrected chi connectivity index (χ1v) is 4.13. The number of nitrogens with zero attached hydrogens (tertiary/aromatic N) is 1. The van der Waals surface area contributed by atoms with Crippen molar-refractivity contribution in [3.8, 4) is 0 Å². The average Bonchev–Trinajstić information content (AvgIpc) is 2.16. The Morgan fingerprint density at radius 3 is 2.14 bits per heavy atom. The lowest BCUT2D eigenvalue weighted by Crippen LogP contribution is -2.13. The SMILES string of the molecule is C[C@@H](O)[C@H](O)c1ccc([N+](=O)[O-])cc1. The molecule has 0 amide bonds. The van der Waals surface area contributed by atoms with Crippen molar-refractivity contribution >= 4 is 5.69 Å². The molecule has 5 nitrogen and oxygen atoms in total. The van der Waals surface area contributed by atoms with E-state index in [1.807, 2.05) is 0 Å². The summed E-state index contributed by atoms with van der Waals surface area (Å²) < 4.78 is 0. The van der Waals surface area contributed by atoms with Crippen molar-refractivity contribution in [3.63, 3.8) is 0 Å². The molecule has 1 aromatic rings. The summed E-state index contributed by atoms with van der Waals surface area (Å²) in [6.07, 6.45) is -1.90. The van der Waals surface area contributed by atoms with Gasteiger partial charge in [-0.05, 0) is 24.6 Å². The molecule has 0 spiro atoms. The van der Waals surface area contributed by atoms with Crippen LogP contribution >= 0.6 is 0 Å². The monoisotopic (exact) mass is 197 g/mol. The van der Waals surface area contributed by atoms with Crippen LogP contribution in [0.3, 0.4) is 0 Å². The summed E-state index contributed by atoms with van der Waals surface area (Å²) in [5, 5.41) is 28.8. The summed E-state index contributed by atoms with van der Waals surface area (Å²) in [7, 11) is 0. The van der Waals surface area contributed by atoms with Crippen LogP contribution in [0.2, 0.25) is 0 Å². The quantitative estimate of drug-likeness (QED) is 0.559. The first-order chi connectivity index (χ1) is 6.52. The second-order valence-electron chi connectivity index (χ2n) is 3.03. The van der Waals surface area contributed by atoms with Crippen molar-refractivity contribution in [3.05, 3.63) is 39.9 Å². The molecule has 0 aliphatic carbocycles. The van der Waals surface area contributed by atoms with Gasteiger partial charge in [0.2, 0.25) is 0 Å². The Bertz CT molecular complexity index is 320. The standard InChI is InChI=1S/C9H11NO4/c1-6(11)9(12)7-2-4-8(5-3-7)10(13)14/h2-6,9,11-12H,1H3/t6-,9+/m1/s1. The highest BCUT2D eigenvalue weighted by Gasteiger charge is 2.14. The van der Waals surface area contributed by atoms with Gasteiger partial charge in [-0.25, -0.2) is 0 Å². The molecule has 1 rings (SSSR count). The molecule has 0 aromatic heterocycles. The molecule has 14 heavy (non-hydrogen) atoms. The number of benzene rings is 1. The van der Waals surface area contributed by atoms with Gasteiger partial charge in [-0.15, -0.1) is 0 Å². The number of hydrogen-bond donors (Lipinski definition) is 2. The van der Waals surface area contributed by atoms with Gasteiger partial charge in [-0.3, -0.25) is 10.1 Å². The normalized spacial score (nSPS) is 14.8. The molecule has 1 aromatic carbocycles.